The van der Waals surface area contributed by atoms with Gasteiger partial charge in [-0.3, -0.25) is 19.6 Å². The molecular formula is C25H25FN6O3. The molecule has 0 bridgehead atoms. The van der Waals surface area contributed by atoms with Crippen LogP contribution in [0.4, 0.5) is 4.39 Å². The number of aryl methyl sites for hydroxylation is 1. The van der Waals surface area contributed by atoms with Gasteiger partial charge in [-0.25, -0.2) is 4.39 Å². The van der Waals surface area contributed by atoms with E-state index in [1.165, 1.54) is 18.2 Å². The van der Waals surface area contributed by atoms with Gasteiger partial charge in [0, 0.05) is 54.9 Å². The van der Waals surface area contributed by atoms with E-state index in [9.17, 15) is 9.18 Å². The lowest BCUT2D eigenvalue weighted by atomic mass is 9.99. The van der Waals surface area contributed by atoms with Crippen LogP contribution in [-0.2, 0) is 23.1 Å². The van der Waals surface area contributed by atoms with Gasteiger partial charge in [0.2, 0.25) is 5.91 Å². The lowest BCUT2D eigenvalue weighted by Crippen LogP contribution is -2.20. The number of benzene rings is 1. The van der Waals surface area contributed by atoms with E-state index in [0.717, 1.165) is 11.1 Å². The van der Waals surface area contributed by atoms with Crippen LogP contribution in [0.25, 0.3) is 33.6 Å². The molecule has 0 saturated heterocycles. The van der Waals surface area contributed by atoms with Crippen molar-refractivity contribution in [3.63, 3.8) is 0 Å². The largest absolute Gasteiger partial charge is 0.490 e. The molecule has 1 amide bonds. The molecule has 0 unspecified atom stereocenters. The molecule has 180 valence electrons. The molecule has 4 aromatic rings. The summed E-state index contributed by atoms with van der Waals surface area (Å²) in [6.07, 6.45) is 6.57. The number of carbonyl (C=O) groups is 1. The number of amides is 1. The molecule has 0 radical (unpaired) electrons. The summed E-state index contributed by atoms with van der Waals surface area (Å²) in [6.45, 7) is 4.32. The van der Waals surface area contributed by atoms with Crippen LogP contribution in [0.5, 0.6) is 5.75 Å². The average molecular weight is 477 g/mol. The topological polar surface area (TPSA) is 107 Å². The van der Waals surface area contributed by atoms with Crippen molar-refractivity contribution in [2.45, 2.75) is 6.54 Å². The summed E-state index contributed by atoms with van der Waals surface area (Å²) < 4.78 is 26.6. The van der Waals surface area contributed by atoms with Crippen molar-refractivity contribution < 1.29 is 18.7 Å². The number of methoxy groups -OCH3 is 1. The second kappa shape index (κ2) is 10.7. The molecule has 0 aliphatic rings. The van der Waals surface area contributed by atoms with Gasteiger partial charge in [0.15, 0.2) is 0 Å². The molecule has 0 atom stereocenters. The summed E-state index contributed by atoms with van der Waals surface area (Å²) in [5, 5.41) is 14.3. The van der Waals surface area contributed by atoms with Gasteiger partial charge in [0.25, 0.3) is 0 Å². The van der Waals surface area contributed by atoms with Crippen LogP contribution in [0, 0.1) is 5.82 Å². The van der Waals surface area contributed by atoms with E-state index in [1.807, 2.05) is 25.4 Å². The van der Waals surface area contributed by atoms with E-state index in [1.54, 1.807) is 30.3 Å². The summed E-state index contributed by atoms with van der Waals surface area (Å²) in [6, 6.07) is 8.09. The third-order valence-corrected chi connectivity index (χ3v) is 5.22. The Hall–Kier alpha value is -4.31. The molecule has 9 nitrogen and oxygen atoms in total. The number of carbonyl (C=O) groups excluding carboxylic acids is 1. The smallest absolute Gasteiger partial charge is 0.243 e. The molecule has 2 N–H and O–H groups in total. The second-order valence-electron chi connectivity index (χ2n) is 7.70. The van der Waals surface area contributed by atoms with Crippen molar-refractivity contribution in [2.75, 3.05) is 20.3 Å². The Kier molecular flexibility index (Phi) is 7.32. The third-order valence-electron chi connectivity index (χ3n) is 5.22. The standard InChI is InChI=1S/C25H25FN6O3/c1-4-24(33)27-14-19-11-22(31-30-19)21-9-16(17-13-29-32(2)15-17)12-28-25(21)20-6-5-18(26)10-23(20)35-8-7-34-3/h4-6,9-13,15H,1,7-8,14H2,2-3H3,(H,27,33)(H,30,31). The number of ether oxygens (including phenoxy) is 2. The van der Waals surface area contributed by atoms with Gasteiger partial charge in [-0.05, 0) is 30.3 Å². The number of rotatable bonds is 10. The minimum Gasteiger partial charge on any atom is -0.490 e. The van der Waals surface area contributed by atoms with Crippen molar-refractivity contribution in [3.05, 3.63) is 73.1 Å². The SMILES string of the molecule is C=CC(=O)NCc1cc(-c2cc(-c3cnn(C)c3)cnc2-c2ccc(F)cc2OCCOC)n[nH]1. The molecule has 35 heavy (non-hydrogen) atoms. The number of aromatic nitrogens is 5. The molecule has 0 aliphatic carbocycles. The molecule has 0 aliphatic heterocycles. The van der Waals surface area contributed by atoms with Crippen molar-refractivity contribution in [3.8, 4) is 39.4 Å². The molecule has 10 heteroatoms. The molecular weight excluding hydrogens is 451 g/mol. The predicted molar refractivity (Wildman–Crippen MR) is 129 cm³/mol. The fourth-order valence-corrected chi connectivity index (χ4v) is 3.49. The highest BCUT2D eigenvalue weighted by Gasteiger charge is 2.18. The van der Waals surface area contributed by atoms with Crippen LogP contribution in [0.1, 0.15) is 5.69 Å². The number of aromatic amines is 1. The van der Waals surface area contributed by atoms with E-state index < -0.39 is 5.82 Å². The first-order valence-corrected chi connectivity index (χ1v) is 10.8. The summed E-state index contributed by atoms with van der Waals surface area (Å²) in [7, 11) is 3.41. The molecule has 4 rings (SSSR count). The number of nitrogens with zero attached hydrogens (tertiary/aromatic N) is 4. The third kappa shape index (κ3) is 5.61. The van der Waals surface area contributed by atoms with Gasteiger partial charge in [0.05, 0.1) is 36.4 Å². The summed E-state index contributed by atoms with van der Waals surface area (Å²) >= 11 is 0. The van der Waals surface area contributed by atoms with Gasteiger partial charge in [-0.15, -0.1) is 0 Å². The highest BCUT2D eigenvalue weighted by Crippen LogP contribution is 2.38. The number of halogens is 1. The van der Waals surface area contributed by atoms with Gasteiger partial charge in [-0.1, -0.05) is 6.58 Å². The number of pyridine rings is 1. The molecule has 0 fully saturated rings. The van der Waals surface area contributed by atoms with Crippen molar-refractivity contribution in [1.82, 2.24) is 30.3 Å². The first kappa shape index (κ1) is 23.8. The van der Waals surface area contributed by atoms with E-state index >= 15 is 0 Å². The van der Waals surface area contributed by atoms with E-state index in [0.29, 0.717) is 40.6 Å². The van der Waals surface area contributed by atoms with Crippen molar-refractivity contribution >= 4 is 5.91 Å². The normalized spacial score (nSPS) is 10.8. The Morgan fingerprint density at radius 2 is 2.06 bits per heavy atom. The van der Waals surface area contributed by atoms with E-state index in [4.69, 9.17) is 14.5 Å². The quantitative estimate of drug-likeness (QED) is 0.268. The van der Waals surface area contributed by atoms with Crippen molar-refractivity contribution in [1.29, 1.82) is 0 Å². The molecule has 0 spiro atoms. The lowest BCUT2D eigenvalue weighted by Gasteiger charge is -2.14. The number of H-pyrrole nitrogens is 1. The summed E-state index contributed by atoms with van der Waals surface area (Å²) in [5.74, 6) is -0.361. The van der Waals surface area contributed by atoms with Crippen LogP contribution >= 0.6 is 0 Å². The Morgan fingerprint density at radius 3 is 2.80 bits per heavy atom. The van der Waals surface area contributed by atoms with Crippen LogP contribution in [-0.4, -0.2) is 51.2 Å². The Bertz CT molecular complexity index is 1350. The Morgan fingerprint density at radius 1 is 1.20 bits per heavy atom. The monoisotopic (exact) mass is 476 g/mol. The van der Waals surface area contributed by atoms with Crippen LogP contribution in [0.2, 0.25) is 0 Å². The summed E-state index contributed by atoms with van der Waals surface area (Å²) in [5.41, 5.74) is 4.91. The fraction of sp³-hybridized carbons (Fsp3) is 0.200. The van der Waals surface area contributed by atoms with Gasteiger partial charge in [-0.2, -0.15) is 10.2 Å². The summed E-state index contributed by atoms with van der Waals surface area (Å²) in [4.78, 5) is 16.3. The first-order chi connectivity index (χ1) is 17.0. The highest BCUT2D eigenvalue weighted by molar-refractivity contribution is 5.87. The minimum absolute atomic E-state index is 0.255. The molecule has 3 aromatic heterocycles. The average Bonchev–Trinajstić information content (AvgIpc) is 3.52. The second-order valence-corrected chi connectivity index (χ2v) is 7.70. The first-order valence-electron chi connectivity index (χ1n) is 10.8. The van der Waals surface area contributed by atoms with Gasteiger partial charge in [0.1, 0.15) is 18.2 Å². The van der Waals surface area contributed by atoms with E-state index in [2.05, 4.69) is 27.2 Å². The van der Waals surface area contributed by atoms with Crippen LogP contribution in [0.15, 0.2) is 61.6 Å². The number of hydrogen-bond acceptors (Lipinski definition) is 6. The Labute approximate surface area is 201 Å². The predicted octanol–water partition coefficient (Wildman–Crippen LogP) is 3.51. The van der Waals surface area contributed by atoms with Crippen LogP contribution in [0.3, 0.4) is 0 Å². The van der Waals surface area contributed by atoms with E-state index in [-0.39, 0.29) is 19.1 Å². The van der Waals surface area contributed by atoms with Crippen LogP contribution < -0.4 is 10.1 Å². The maximum atomic E-state index is 14.1. The zero-order chi connectivity index (χ0) is 24.8. The zero-order valence-electron chi connectivity index (χ0n) is 19.4. The molecule has 3 heterocycles. The minimum atomic E-state index is -0.422. The van der Waals surface area contributed by atoms with Crippen molar-refractivity contribution in [2.24, 2.45) is 7.05 Å². The maximum absolute atomic E-state index is 14.1. The number of hydrogen-bond donors (Lipinski definition) is 2. The molecule has 0 saturated carbocycles. The Balaban J connectivity index is 1.79. The molecule has 1 aromatic carbocycles. The van der Waals surface area contributed by atoms with Gasteiger partial charge >= 0.3 is 0 Å². The fourth-order valence-electron chi connectivity index (χ4n) is 3.49. The maximum Gasteiger partial charge on any atom is 0.243 e. The van der Waals surface area contributed by atoms with Gasteiger partial charge < -0.3 is 14.8 Å². The highest BCUT2D eigenvalue weighted by atomic mass is 19.1. The zero-order valence-corrected chi connectivity index (χ0v) is 19.4. The number of nitrogens with one attached hydrogen (secondary N) is 2. The lowest BCUT2D eigenvalue weighted by molar-refractivity contribution is -0.116.